The number of benzene rings is 2. The summed E-state index contributed by atoms with van der Waals surface area (Å²) in [5.74, 6) is -0.405. The molecule has 0 saturated heterocycles. The van der Waals surface area contributed by atoms with Crippen molar-refractivity contribution in [2.24, 2.45) is 5.10 Å². The van der Waals surface area contributed by atoms with Crippen molar-refractivity contribution in [1.29, 1.82) is 0 Å². The highest BCUT2D eigenvalue weighted by Crippen LogP contribution is 2.26. The topological polar surface area (TPSA) is 70.1 Å². The van der Waals surface area contributed by atoms with Gasteiger partial charge < -0.3 is 0 Å². The van der Waals surface area contributed by atoms with Crippen LogP contribution in [-0.4, -0.2) is 21.8 Å². The molecule has 0 aliphatic heterocycles. The van der Waals surface area contributed by atoms with E-state index in [2.05, 4.69) is 20.7 Å². The lowest BCUT2D eigenvalue weighted by atomic mass is 10.1. The van der Waals surface area contributed by atoms with Crippen LogP contribution in [0.4, 0.5) is 0 Å². The molecule has 0 aliphatic rings. The standard InChI is InChI=1S/C18H14Cl2N4O/c1-11(12-6-2-4-8-14(12)19)21-24-18(25)17-10-16(22-23-17)13-7-3-5-9-15(13)20/h2-10H,1H3,(H,22,23)(H,24,25). The summed E-state index contributed by atoms with van der Waals surface area (Å²) in [6.45, 7) is 1.77. The van der Waals surface area contributed by atoms with Gasteiger partial charge in [-0.2, -0.15) is 10.2 Å². The molecule has 126 valence electrons. The van der Waals surface area contributed by atoms with Crippen molar-refractivity contribution in [3.63, 3.8) is 0 Å². The molecule has 1 aromatic heterocycles. The maximum absolute atomic E-state index is 12.2. The number of amides is 1. The molecular formula is C18H14Cl2N4O. The molecule has 5 nitrogen and oxygen atoms in total. The van der Waals surface area contributed by atoms with Crippen molar-refractivity contribution in [1.82, 2.24) is 15.6 Å². The third-order valence-electron chi connectivity index (χ3n) is 3.56. The van der Waals surface area contributed by atoms with Gasteiger partial charge in [0, 0.05) is 16.1 Å². The van der Waals surface area contributed by atoms with Gasteiger partial charge in [0.25, 0.3) is 5.91 Å². The first-order valence-corrected chi connectivity index (χ1v) is 8.21. The van der Waals surface area contributed by atoms with Crippen molar-refractivity contribution in [2.75, 3.05) is 0 Å². The number of carbonyl (C=O) groups is 1. The number of aromatic nitrogens is 2. The first kappa shape index (κ1) is 17.2. The summed E-state index contributed by atoms with van der Waals surface area (Å²) in [5, 5.41) is 12.0. The molecule has 0 spiro atoms. The quantitative estimate of drug-likeness (QED) is 0.521. The van der Waals surface area contributed by atoms with E-state index < -0.39 is 5.91 Å². The third-order valence-corrected chi connectivity index (χ3v) is 4.22. The fraction of sp³-hybridized carbons (Fsp3) is 0.0556. The van der Waals surface area contributed by atoms with Crippen molar-refractivity contribution in [3.05, 3.63) is 75.9 Å². The van der Waals surface area contributed by atoms with Crippen LogP contribution in [0.15, 0.2) is 59.7 Å². The predicted molar refractivity (Wildman–Crippen MR) is 100 cm³/mol. The normalized spacial score (nSPS) is 11.4. The van der Waals surface area contributed by atoms with Gasteiger partial charge in [0.2, 0.25) is 0 Å². The number of H-pyrrole nitrogens is 1. The van der Waals surface area contributed by atoms with Gasteiger partial charge in [-0.1, -0.05) is 59.6 Å². The Kier molecular flexibility index (Phi) is 5.16. The zero-order chi connectivity index (χ0) is 17.8. The Morgan fingerprint density at radius 1 is 1.08 bits per heavy atom. The van der Waals surface area contributed by atoms with E-state index in [0.29, 0.717) is 21.5 Å². The van der Waals surface area contributed by atoms with Crippen LogP contribution in [0.1, 0.15) is 23.0 Å². The lowest BCUT2D eigenvalue weighted by molar-refractivity contribution is 0.0950. The van der Waals surface area contributed by atoms with Crippen molar-refractivity contribution in [3.8, 4) is 11.3 Å². The zero-order valence-electron chi connectivity index (χ0n) is 13.3. The van der Waals surface area contributed by atoms with Crippen LogP contribution in [0, 0.1) is 0 Å². The molecule has 3 rings (SSSR count). The van der Waals surface area contributed by atoms with Crippen LogP contribution in [0.2, 0.25) is 10.0 Å². The van der Waals surface area contributed by atoms with E-state index in [0.717, 1.165) is 11.1 Å². The SMILES string of the molecule is CC(=NNC(=O)c1cc(-c2ccccc2Cl)n[nH]1)c1ccccc1Cl. The maximum Gasteiger partial charge on any atom is 0.289 e. The van der Waals surface area contributed by atoms with E-state index in [1.807, 2.05) is 36.4 Å². The summed E-state index contributed by atoms with van der Waals surface area (Å²) in [4.78, 5) is 12.2. The molecule has 0 aliphatic carbocycles. The molecule has 25 heavy (non-hydrogen) atoms. The molecule has 3 aromatic rings. The van der Waals surface area contributed by atoms with Crippen LogP contribution in [0.5, 0.6) is 0 Å². The molecule has 0 unspecified atom stereocenters. The average Bonchev–Trinajstić information content (AvgIpc) is 3.10. The van der Waals surface area contributed by atoms with E-state index in [1.165, 1.54) is 0 Å². The Morgan fingerprint density at radius 2 is 1.76 bits per heavy atom. The monoisotopic (exact) mass is 372 g/mol. The summed E-state index contributed by atoms with van der Waals surface area (Å²) in [5.41, 5.74) is 5.46. The second-order valence-corrected chi connectivity index (χ2v) is 6.08. The number of hydrogen-bond donors (Lipinski definition) is 2. The molecule has 0 fully saturated rings. The number of aromatic amines is 1. The summed E-state index contributed by atoms with van der Waals surface area (Å²) < 4.78 is 0. The van der Waals surface area contributed by atoms with E-state index in [1.54, 1.807) is 25.1 Å². The average molecular weight is 373 g/mol. The summed E-state index contributed by atoms with van der Waals surface area (Å²) in [7, 11) is 0. The first-order chi connectivity index (χ1) is 12.1. The smallest absolute Gasteiger partial charge is 0.272 e. The van der Waals surface area contributed by atoms with Gasteiger partial charge in [0.15, 0.2) is 0 Å². The minimum absolute atomic E-state index is 0.283. The fourth-order valence-corrected chi connectivity index (χ4v) is 2.76. The van der Waals surface area contributed by atoms with E-state index >= 15 is 0 Å². The third kappa shape index (κ3) is 3.90. The van der Waals surface area contributed by atoms with Gasteiger partial charge >= 0.3 is 0 Å². The highest BCUT2D eigenvalue weighted by Gasteiger charge is 2.12. The Morgan fingerprint density at radius 3 is 2.48 bits per heavy atom. The Balaban J connectivity index is 1.76. The van der Waals surface area contributed by atoms with Crippen LogP contribution < -0.4 is 5.43 Å². The van der Waals surface area contributed by atoms with Gasteiger partial charge in [-0.05, 0) is 25.1 Å². The summed E-state index contributed by atoms with van der Waals surface area (Å²) in [6.07, 6.45) is 0. The molecule has 2 N–H and O–H groups in total. The molecule has 7 heteroatoms. The predicted octanol–water partition coefficient (Wildman–Crippen LogP) is 4.54. The van der Waals surface area contributed by atoms with Gasteiger partial charge in [-0.15, -0.1) is 0 Å². The summed E-state index contributed by atoms with van der Waals surface area (Å²) >= 11 is 12.3. The number of hydrogen-bond acceptors (Lipinski definition) is 3. The van der Waals surface area contributed by atoms with Crippen LogP contribution >= 0.6 is 23.2 Å². The molecule has 0 radical (unpaired) electrons. The largest absolute Gasteiger partial charge is 0.289 e. The number of rotatable bonds is 4. The van der Waals surface area contributed by atoms with E-state index in [-0.39, 0.29) is 5.69 Å². The fourth-order valence-electron chi connectivity index (χ4n) is 2.25. The second kappa shape index (κ2) is 7.51. The number of halogens is 2. The minimum atomic E-state index is -0.405. The molecular weight excluding hydrogens is 359 g/mol. The lowest BCUT2D eigenvalue weighted by Crippen LogP contribution is -2.19. The van der Waals surface area contributed by atoms with Gasteiger partial charge in [0.05, 0.1) is 16.4 Å². The van der Waals surface area contributed by atoms with Crippen molar-refractivity contribution >= 4 is 34.8 Å². The molecule has 0 saturated carbocycles. The number of carbonyl (C=O) groups excluding carboxylic acids is 1. The van der Waals surface area contributed by atoms with Crippen LogP contribution in [0.3, 0.4) is 0 Å². The number of nitrogens with one attached hydrogen (secondary N) is 2. The Hall–Kier alpha value is -2.63. The van der Waals surface area contributed by atoms with E-state index in [4.69, 9.17) is 23.2 Å². The molecule has 0 atom stereocenters. The van der Waals surface area contributed by atoms with Gasteiger partial charge in [-0.3, -0.25) is 9.89 Å². The maximum atomic E-state index is 12.2. The molecule has 1 heterocycles. The number of hydrazone groups is 1. The van der Waals surface area contributed by atoms with Crippen molar-refractivity contribution < 1.29 is 4.79 Å². The molecule has 1 amide bonds. The highest BCUT2D eigenvalue weighted by atomic mass is 35.5. The van der Waals surface area contributed by atoms with Crippen LogP contribution in [0.25, 0.3) is 11.3 Å². The Bertz CT molecular complexity index is 950. The summed E-state index contributed by atoms with van der Waals surface area (Å²) in [6, 6.07) is 16.2. The van der Waals surface area contributed by atoms with Crippen molar-refractivity contribution in [2.45, 2.75) is 6.92 Å². The Labute approximate surface area is 154 Å². The molecule has 2 aromatic carbocycles. The zero-order valence-corrected chi connectivity index (χ0v) is 14.8. The lowest BCUT2D eigenvalue weighted by Gasteiger charge is -2.03. The van der Waals surface area contributed by atoms with Gasteiger partial charge in [-0.25, -0.2) is 5.43 Å². The second-order valence-electron chi connectivity index (χ2n) is 5.26. The molecule has 0 bridgehead atoms. The van der Waals surface area contributed by atoms with Gasteiger partial charge in [0.1, 0.15) is 5.69 Å². The number of nitrogens with zero attached hydrogens (tertiary/aromatic N) is 2. The first-order valence-electron chi connectivity index (χ1n) is 7.46. The minimum Gasteiger partial charge on any atom is -0.272 e. The highest BCUT2D eigenvalue weighted by molar-refractivity contribution is 6.34. The van der Waals surface area contributed by atoms with Crippen LogP contribution in [-0.2, 0) is 0 Å². The van der Waals surface area contributed by atoms with E-state index in [9.17, 15) is 4.79 Å².